The number of hydrogen-bond acceptors (Lipinski definition) is 5. The number of amides is 1. The van der Waals surface area contributed by atoms with Gasteiger partial charge in [-0.3, -0.25) is 4.79 Å². The lowest BCUT2D eigenvalue weighted by Gasteiger charge is -2.22. The van der Waals surface area contributed by atoms with Crippen molar-refractivity contribution >= 4 is 24.0 Å². The standard InChI is InChI=1S/C17H26N2O4.ClH/c1-13(2)22-9-8-21-12-14-4-3-5-15(10-14)19-17(20)16-11-18-6-7-23-16;/h3-5,10,13,16,18H,6-9,11-12H2,1-2H3,(H,19,20);1H. The molecule has 0 saturated carbocycles. The van der Waals surface area contributed by atoms with E-state index in [1.165, 1.54) is 0 Å². The van der Waals surface area contributed by atoms with Crippen LogP contribution in [0.15, 0.2) is 24.3 Å². The number of anilines is 1. The topological polar surface area (TPSA) is 68.8 Å². The molecule has 24 heavy (non-hydrogen) atoms. The molecular weight excluding hydrogens is 332 g/mol. The van der Waals surface area contributed by atoms with E-state index >= 15 is 0 Å². The van der Waals surface area contributed by atoms with Gasteiger partial charge < -0.3 is 24.8 Å². The van der Waals surface area contributed by atoms with Crippen molar-refractivity contribution < 1.29 is 19.0 Å². The smallest absolute Gasteiger partial charge is 0.254 e. The van der Waals surface area contributed by atoms with Crippen LogP contribution in [0.5, 0.6) is 0 Å². The second kappa shape index (κ2) is 11.4. The first-order valence-corrected chi connectivity index (χ1v) is 8.06. The Morgan fingerprint density at radius 1 is 1.42 bits per heavy atom. The molecular formula is C17H27ClN2O4. The van der Waals surface area contributed by atoms with Gasteiger partial charge in [-0.2, -0.15) is 0 Å². The molecule has 0 bridgehead atoms. The Bertz CT molecular complexity index is 493. The second-order valence-electron chi connectivity index (χ2n) is 5.73. The van der Waals surface area contributed by atoms with Crippen LogP contribution in [0.25, 0.3) is 0 Å². The Morgan fingerprint density at radius 2 is 2.25 bits per heavy atom. The fourth-order valence-electron chi connectivity index (χ4n) is 2.23. The van der Waals surface area contributed by atoms with Gasteiger partial charge in [0.15, 0.2) is 0 Å². The highest BCUT2D eigenvalue weighted by atomic mass is 35.5. The maximum atomic E-state index is 12.1. The monoisotopic (exact) mass is 358 g/mol. The van der Waals surface area contributed by atoms with Crippen molar-refractivity contribution in [2.45, 2.75) is 32.7 Å². The van der Waals surface area contributed by atoms with Gasteiger partial charge in [-0.15, -0.1) is 12.4 Å². The van der Waals surface area contributed by atoms with E-state index in [0.29, 0.717) is 33.0 Å². The molecule has 6 nitrogen and oxygen atoms in total. The van der Waals surface area contributed by atoms with E-state index in [4.69, 9.17) is 14.2 Å². The Balaban J connectivity index is 0.00000288. The summed E-state index contributed by atoms with van der Waals surface area (Å²) in [6, 6.07) is 7.65. The maximum Gasteiger partial charge on any atom is 0.254 e. The van der Waals surface area contributed by atoms with E-state index in [1.54, 1.807) is 0 Å². The van der Waals surface area contributed by atoms with Crippen LogP contribution < -0.4 is 10.6 Å². The van der Waals surface area contributed by atoms with E-state index in [2.05, 4.69) is 10.6 Å². The van der Waals surface area contributed by atoms with Gasteiger partial charge in [0.25, 0.3) is 5.91 Å². The summed E-state index contributed by atoms with van der Waals surface area (Å²) in [6.45, 7) is 7.52. The zero-order valence-electron chi connectivity index (χ0n) is 14.2. The quantitative estimate of drug-likeness (QED) is 0.695. The van der Waals surface area contributed by atoms with Crippen molar-refractivity contribution in [3.63, 3.8) is 0 Å². The van der Waals surface area contributed by atoms with Crippen LogP contribution in [0.4, 0.5) is 5.69 Å². The van der Waals surface area contributed by atoms with E-state index in [9.17, 15) is 4.79 Å². The number of morpholine rings is 1. The Labute approximate surface area is 149 Å². The van der Waals surface area contributed by atoms with Crippen molar-refractivity contribution in [2.24, 2.45) is 0 Å². The average Bonchev–Trinajstić information content (AvgIpc) is 2.55. The predicted octanol–water partition coefficient (Wildman–Crippen LogP) is 1.98. The zero-order chi connectivity index (χ0) is 16.5. The van der Waals surface area contributed by atoms with Crippen LogP contribution in [-0.2, 0) is 25.6 Å². The molecule has 0 aromatic heterocycles. The minimum Gasteiger partial charge on any atom is -0.376 e. The lowest BCUT2D eigenvalue weighted by Crippen LogP contribution is -2.45. The van der Waals surface area contributed by atoms with Crippen LogP contribution in [0.3, 0.4) is 0 Å². The maximum absolute atomic E-state index is 12.1. The zero-order valence-corrected chi connectivity index (χ0v) is 15.1. The summed E-state index contributed by atoms with van der Waals surface area (Å²) < 4.78 is 16.4. The fourth-order valence-corrected chi connectivity index (χ4v) is 2.23. The average molecular weight is 359 g/mol. The van der Waals surface area contributed by atoms with Gasteiger partial charge in [0.2, 0.25) is 0 Å². The van der Waals surface area contributed by atoms with Gasteiger partial charge in [0.1, 0.15) is 6.10 Å². The molecule has 1 unspecified atom stereocenters. The third-order valence-electron chi connectivity index (χ3n) is 3.36. The van der Waals surface area contributed by atoms with Gasteiger partial charge in [0, 0.05) is 18.8 Å². The lowest BCUT2D eigenvalue weighted by molar-refractivity contribution is -0.128. The van der Waals surface area contributed by atoms with Crippen molar-refractivity contribution in [3.05, 3.63) is 29.8 Å². The molecule has 0 spiro atoms. The van der Waals surface area contributed by atoms with Crippen LogP contribution in [0.1, 0.15) is 19.4 Å². The molecule has 0 aliphatic carbocycles. The summed E-state index contributed by atoms with van der Waals surface area (Å²) in [7, 11) is 0. The highest BCUT2D eigenvalue weighted by Gasteiger charge is 2.21. The van der Waals surface area contributed by atoms with Crippen LogP contribution in [0.2, 0.25) is 0 Å². The molecule has 2 N–H and O–H groups in total. The van der Waals surface area contributed by atoms with Gasteiger partial charge in [-0.1, -0.05) is 12.1 Å². The highest BCUT2D eigenvalue weighted by molar-refractivity contribution is 5.94. The molecule has 1 aromatic carbocycles. The van der Waals surface area contributed by atoms with Crippen molar-refractivity contribution in [2.75, 3.05) is 38.2 Å². The molecule has 1 saturated heterocycles. The summed E-state index contributed by atoms with van der Waals surface area (Å²) >= 11 is 0. The van der Waals surface area contributed by atoms with E-state index < -0.39 is 6.10 Å². The SMILES string of the molecule is CC(C)OCCOCc1cccc(NC(=O)C2CNCCO2)c1.Cl. The predicted molar refractivity (Wildman–Crippen MR) is 95.7 cm³/mol. The first-order valence-electron chi connectivity index (χ1n) is 8.06. The number of benzene rings is 1. The number of nitrogens with one attached hydrogen (secondary N) is 2. The summed E-state index contributed by atoms with van der Waals surface area (Å²) in [5.74, 6) is -0.124. The normalized spacial score (nSPS) is 17.4. The Kier molecular flexibility index (Phi) is 9.90. The molecule has 136 valence electrons. The molecule has 1 aliphatic rings. The molecule has 1 fully saturated rings. The number of hydrogen-bond donors (Lipinski definition) is 2. The van der Waals surface area contributed by atoms with E-state index in [0.717, 1.165) is 17.8 Å². The molecule has 1 amide bonds. The number of ether oxygens (including phenoxy) is 3. The first-order chi connectivity index (χ1) is 11.1. The fraction of sp³-hybridized carbons (Fsp3) is 0.588. The summed E-state index contributed by atoms with van der Waals surface area (Å²) in [5, 5.41) is 6.03. The van der Waals surface area contributed by atoms with Gasteiger partial charge in [-0.05, 0) is 31.5 Å². The minimum absolute atomic E-state index is 0. The number of carbonyl (C=O) groups excluding carboxylic acids is 1. The molecule has 1 aliphatic heterocycles. The van der Waals surface area contributed by atoms with E-state index in [1.807, 2.05) is 38.1 Å². The molecule has 1 aromatic rings. The van der Waals surface area contributed by atoms with Gasteiger partial charge in [0.05, 0.1) is 32.5 Å². The Hall–Kier alpha value is -1.18. The number of rotatable bonds is 8. The molecule has 1 heterocycles. The summed E-state index contributed by atoms with van der Waals surface area (Å²) in [4.78, 5) is 12.1. The third-order valence-corrected chi connectivity index (χ3v) is 3.36. The van der Waals surface area contributed by atoms with Gasteiger partial charge >= 0.3 is 0 Å². The highest BCUT2D eigenvalue weighted by Crippen LogP contribution is 2.13. The summed E-state index contributed by atoms with van der Waals surface area (Å²) in [6.07, 6.45) is -0.217. The lowest BCUT2D eigenvalue weighted by atomic mass is 10.2. The third kappa shape index (κ3) is 7.59. The molecule has 0 radical (unpaired) electrons. The molecule has 2 rings (SSSR count). The van der Waals surface area contributed by atoms with Crippen LogP contribution in [0, 0.1) is 0 Å². The van der Waals surface area contributed by atoms with Crippen LogP contribution >= 0.6 is 12.4 Å². The van der Waals surface area contributed by atoms with Crippen molar-refractivity contribution in [1.29, 1.82) is 0 Å². The first kappa shape index (κ1) is 20.9. The number of halogens is 1. The van der Waals surface area contributed by atoms with Crippen molar-refractivity contribution in [1.82, 2.24) is 5.32 Å². The second-order valence-corrected chi connectivity index (χ2v) is 5.73. The van der Waals surface area contributed by atoms with Crippen molar-refractivity contribution in [3.8, 4) is 0 Å². The minimum atomic E-state index is -0.433. The van der Waals surface area contributed by atoms with Gasteiger partial charge in [-0.25, -0.2) is 0 Å². The molecule has 7 heteroatoms. The largest absolute Gasteiger partial charge is 0.376 e. The number of carbonyl (C=O) groups is 1. The Morgan fingerprint density at radius 3 is 2.96 bits per heavy atom. The molecule has 1 atom stereocenters. The summed E-state index contributed by atoms with van der Waals surface area (Å²) in [5.41, 5.74) is 1.76. The van der Waals surface area contributed by atoms with Crippen LogP contribution in [-0.4, -0.2) is 51.0 Å². The van der Waals surface area contributed by atoms with E-state index in [-0.39, 0.29) is 24.4 Å².